The van der Waals surface area contributed by atoms with Crippen LogP contribution in [0.5, 0.6) is 0 Å². The van der Waals surface area contributed by atoms with Gasteiger partial charge in [-0.3, -0.25) is 0 Å². The van der Waals surface area contributed by atoms with E-state index < -0.39 is 11.7 Å². The van der Waals surface area contributed by atoms with Crippen molar-refractivity contribution >= 4 is 6.08 Å². The molecule has 0 saturated heterocycles. The summed E-state index contributed by atoms with van der Waals surface area (Å²) in [6.07, 6.45) is 1.86. The molecule has 1 unspecified atom stereocenters. The third kappa shape index (κ3) is 4.63. The number of alkyl halides is 3. The zero-order valence-corrected chi connectivity index (χ0v) is 10.1. The van der Waals surface area contributed by atoms with Crippen molar-refractivity contribution < 1.29 is 13.2 Å². The topological polar surface area (TPSA) is 0 Å². The van der Waals surface area contributed by atoms with Crippen LogP contribution >= 0.6 is 0 Å². The zero-order valence-electron chi connectivity index (χ0n) is 10.1. The Bertz CT molecular complexity index is 360. The van der Waals surface area contributed by atoms with E-state index in [1.165, 1.54) is 12.1 Å². The largest absolute Gasteiger partial charge is 0.416 e. The van der Waals surface area contributed by atoms with Gasteiger partial charge in [-0.25, -0.2) is 0 Å². The fourth-order valence-electron chi connectivity index (χ4n) is 1.61. The summed E-state index contributed by atoms with van der Waals surface area (Å²) in [5.41, 5.74) is 0.206. The van der Waals surface area contributed by atoms with Gasteiger partial charge in [0.1, 0.15) is 0 Å². The Morgan fingerprint density at radius 3 is 2.24 bits per heavy atom. The molecule has 94 valence electrons. The predicted molar refractivity (Wildman–Crippen MR) is 64.6 cm³/mol. The van der Waals surface area contributed by atoms with Crippen molar-refractivity contribution in [1.29, 1.82) is 0 Å². The van der Waals surface area contributed by atoms with Crippen LogP contribution < -0.4 is 0 Å². The van der Waals surface area contributed by atoms with Gasteiger partial charge < -0.3 is 0 Å². The lowest BCUT2D eigenvalue weighted by Crippen LogP contribution is -2.03. The number of hydrogen-bond donors (Lipinski definition) is 0. The molecule has 0 nitrogen and oxygen atoms in total. The normalized spacial score (nSPS) is 14.2. The van der Waals surface area contributed by atoms with Gasteiger partial charge in [0, 0.05) is 0 Å². The minimum Gasteiger partial charge on any atom is -0.166 e. The summed E-state index contributed by atoms with van der Waals surface area (Å²) in [7, 11) is 0. The van der Waals surface area contributed by atoms with Crippen LogP contribution in [0, 0.1) is 5.92 Å². The average molecular weight is 242 g/mol. The highest BCUT2D eigenvalue weighted by molar-refractivity contribution is 5.50. The molecule has 0 saturated carbocycles. The molecule has 0 bridgehead atoms. The van der Waals surface area contributed by atoms with Gasteiger partial charge in [-0.05, 0) is 30.0 Å². The monoisotopic (exact) mass is 242 g/mol. The summed E-state index contributed by atoms with van der Waals surface area (Å²) in [6, 6.07) is 5.23. The van der Waals surface area contributed by atoms with Crippen molar-refractivity contribution in [3.05, 3.63) is 41.5 Å². The minimum absolute atomic E-state index is 0.460. The Kier molecular flexibility index (Phi) is 4.79. The fourth-order valence-corrected chi connectivity index (χ4v) is 1.61. The van der Waals surface area contributed by atoms with Gasteiger partial charge >= 0.3 is 6.18 Å². The molecule has 1 aromatic carbocycles. The molecule has 0 spiro atoms. The summed E-state index contributed by atoms with van der Waals surface area (Å²) >= 11 is 0. The minimum atomic E-state index is -4.25. The van der Waals surface area contributed by atoms with Crippen LogP contribution in [0.4, 0.5) is 13.2 Å². The van der Waals surface area contributed by atoms with Gasteiger partial charge in [-0.2, -0.15) is 13.2 Å². The molecule has 0 radical (unpaired) electrons. The fraction of sp³-hybridized carbons (Fsp3) is 0.429. The third-order valence-corrected chi connectivity index (χ3v) is 2.60. The van der Waals surface area contributed by atoms with Crippen molar-refractivity contribution in [2.24, 2.45) is 5.92 Å². The number of allylic oxidation sites excluding steroid dienone is 1. The van der Waals surface area contributed by atoms with E-state index >= 15 is 0 Å². The number of halogens is 3. The first-order chi connectivity index (χ1) is 7.93. The molecule has 0 aliphatic carbocycles. The van der Waals surface area contributed by atoms with Crippen molar-refractivity contribution in [3.8, 4) is 0 Å². The molecule has 3 heteroatoms. The first-order valence-corrected chi connectivity index (χ1v) is 5.79. The second-order valence-corrected chi connectivity index (χ2v) is 4.24. The van der Waals surface area contributed by atoms with E-state index in [4.69, 9.17) is 0 Å². The van der Waals surface area contributed by atoms with Crippen LogP contribution in [0.15, 0.2) is 30.3 Å². The molecular weight excluding hydrogens is 225 g/mol. The van der Waals surface area contributed by atoms with E-state index in [2.05, 4.69) is 13.8 Å². The lowest BCUT2D eigenvalue weighted by atomic mass is 10.0. The van der Waals surface area contributed by atoms with Crippen LogP contribution in [-0.4, -0.2) is 0 Å². The molecule has 1 rings (SSSR count). The van der Waals surface area contributed by atoms with Crippen molar-refractivity contribution in [1.82, 2.24) is 0 Å². The molecule has 0 aromatic heterocycles. The quantitative estimate of drug-likeness (QED) is 0.684. The van der Waals surface area contributed by atoms with E-state index in [1.807, 2.05) is 12.2 Å². The smallest absolute Gasteiger partial charge is 0.166 e. The SMILES string of the molecule is CCCC(C)/C=C/c1ccc(C(F)(F)F)cc1. The molecule has 0 fully saturated rings. The Hall–Kier alpha value is -1.25. The van der Waals surface area contributed by atoms with Gasteiger partial charge in [0.2, 0.25) is 0 Å². The third-order valence-electron chi connectivity index (χ3n) is 2.60. The van der Waals surface area contributed by atoms with Crippen LogP contribution in [0.3, 0.4) is 0 Å². The van der Waals surface area contributed by atoms with E-state index in [-0.39, 0.29) is 0 Å². The second kappa shape index (κ2) is 5.89. The number of benzene rings is 1. The molecule has 0 N–H and O–H groups in total. The second-order valence-electron chi connectivity index (χ2n) is 4.24. The summed E-state index contributed by atoms with van der Waals surface area (Å²) < 4.78 is 36.9. The van der Waals surface area contributed by atoms with Crippen LogP contribution in [0.1, 0.15) is 37.8 Å². The Morgan fingerprint density at radius 2 is 1.76 bits per heavy atom. The van der Waals surface area contributed by atoms with Gasteiger partial charge in [0.05, 0.1) is 5.56 Å². The van der Waals surface area contributed by atoms with Crippen molar-refractivity contribution in [2.75, 3.05) is 0 Å². The van der Waals surface area contributed by atoms with E-state index in [1.54, 1.807) is 0 Å². The lowest BCUT2D eigenvalue weighted by molar-refractivity contribution is -0.137. The lowest BCUT2D eigenvalue weighted by Gasteiger charge is -2.06. The van der Waals surface area contributed by atoms with Gasteiger partial charge in [-0.15, -0.1) is 0 Å². The van der Waals surface area contributed by atoms with Gasteiger partial charge in [-0.1, -0.05) is 44.6 Å². The van der Waals surface area contributed by atoms with Crippen LogP contribution in [0.25, 0.3) is 6.08 Å². The molecule has 17 heavy (non-hydrogen) atoms. The van der Waals surface area contributed by atoms with Crippen molar-refractivity contribution in [3.63, 3.8) is 0 Å². The molecule has 0 aliphatic rings. The Balaban J connectivity index is 2.69. The van der Waals surface area contributed by atoms with Crippen LogP contribution in [0.2, 0.25) is 0 Å². The highest BCUT2D eigenvalue weighted by Gasteiger charge is 2.29. The molecule has 0 aliphatic heterocycles. The maximum atomic E-state index is 12.3. The maximum Gasteiger partial charge on any atom is 0.416 e. The first kappa shape index (κ1) is 13.8. The Morgan fingerprint density at radius 1 is 1.18 bits per heavy atom. The Labute approximate surface area is 100 Å². The highest BCUT2D eigenvalue weighted by atomic mass is 19.4. The standard InChI is InChI=1S/C14H17F3/c1-3-4-11(2)5-6-12-7-9-13(10-8-12)14(15,16)17/h5-11H,3-4H2,1-2H3/b6-5+. The maximum absolute atomic E-state index is 12.3. The summed E-state index contributed by atoms with van der Waals surface area (Å²) in [5.74, 6) is 0.460. The molecule has 0 heterocycles. The molecule has 1 aromatic rings. The molecular formula is C14H17F3. The molecule has 0 amide bonds. The summed E-state index contributed by atoms with van der Waals surface area (Å²) in [5, 5.41) is 0. The van der Waals surface area contributed by atoms with Crippen molar-refractivity contribution in [2.45, 2.75) is 32.9 Å². The summed E-state index contributed by atoms with van der Waals surface area (Å²) in [4.78, 5) is 0. The summed E-state index contributed by atoms with van der Waals surface area (Å²) in [6.45, 7) is 4.21. The zero-order chi connectivity index (χ0) is 12.9. The molecule has 1 atom stereocenters. The van der Waals surface area contributed by atoms with E-state index in [0.29, 0.717) is 5.92 Å². The van der Waals surface area contributed by atoms with Gasteiger partial charge in [0.25, 0.3) is 0 Å². The number of hydrogen-bond acceptors (Lipinski definition) is 0. The van der Waals surface area contributed by atoms with E-state index in [9.17, 15) is 13.2 Å². The van der Waals surface area contributed by atoms with Crippen LogP contribution in [-0.2, 0) is 6.18 Å². The number of rotatable bonds is 4. The van der Waals surface area contributed by atoms with Gasteiger partial charge in [0.15, 0.2) is 0 Å². The average Bonchev–Trinajstić information content (AvgIpc) is 2.26. The van der Waals surface area contributed by atoms with E-state index in [0.717, 1.165) is 30.5 Å². The first-order valence-electron chi connectivity index (χ1n) is 5.79. The predicted octanol–water partition coefficient (Wildman–Crippen LogP) is 5.15. The highest BCUT2D eigenvalue weighted by Crippen LogP contribution is 2.29.